The first-order valence-corrected chi connectivity index (χ1v) is 8.56. The number of carboxylic acids is 1. The lowest BCUT2D eigenvalue weighted by Gasteiger charge is -2.42. The number of likely N-dealkylation sites (N-methyl/N-ethyl adjacent to an activating group) is 1. The van der Waals surface area contributed by atoms with Crippen molar-refractivity contribution in [1.29, 1.82) is 0 Å². The average Bonchev–Trinajstić information content (AvgIpc) is 2.47. The fraction of sp³-hybridized carbons (Fsp3) is 0.474. The number of carbonyl (C=O) groups is 1. The van der Waals surface area contributed by atoms with Crippen molar-refractivity contribution in [3.05, 3.63) is 35.4 Å². The summed E-state index contributed by atoms with van der Waals surface area (Å²) in [5.74, 6) is 0.158. The number of nitrogens with zero attached hydrogens (tertiary/aromatic N) is 2. The predicted octanol–water partition coefficient (Wildman–Crippen LogP) is 3.20. The maximum Gasteiger partial charge on any atom is 0.317 e. The number of nitrogens with one attached hydrogen (secondary N) is 1. The van der Waals surface area contributed by atoms with Crippen LogP contribution in [0.1, 0.15) is 30.9 Å². The second-order valence-electron chi connectivity index (χ2n) is 6.77. The van der Waals surface area contributed by atoms with Crippen molar-refractivity contribution in [2.24, 2.45) is 0 Å². The van der Waals surface area contributed by atoms with E-state index in [2.05, 4.69) is 43.4 Å². The van der Waals surface area contributed by atoms with Crippen molar-refractivity contribution in [2.75, 3.05) is 18.4 Å². The molecule has 1 aromatic heterocycles. The third-order valence-electron chi connectivity index (χ3n) is 4.90. The molecule has 2 N–H and O–H groups in total. The highest BCUT2D eigenvalue weighted by atomic mass is 16.4. The van der Waals surface area contributed by atoms with Crippen LogP contribution in [0.5, 0.6) is 0 Å². The Morgan fingerprint density at radius 1 is 1.33 bits per heavy atom. The van der Waals surface area contributed by atoms with Gasteiger partial charge in [0.1, 0.15) is 5.82 Å². The first-order valence-electron chi connectivity index (χ1n) is 8.56. The summed E-state index contributed by atoms with van der Waals surface area (Å²) in [7, 11) is 0. The van der Waals surface area contributed by atoms with E-state index in [0.717, 1.165) is 30.7 Å². The topological polar surface area (TPSA) is 65.5 Å². The molecule has 1 aromatic carbocycles. The quantitative estimate of drug-likeness (QED) is 0.853. The maximum absolute atomic E-state index is 10.9. The third kappa shape index (κ3) is 3.51. The highest BCUT2D eigenvalue weighted by Crippen LogP contribution is 2.29. The van der Waals surface area contributed by atoms with Crippen molar-refractivity contribution in [3.63, 3.8) is 0 Å². The summed E-state index contributed by atoms with van der Waals surface area (Å²) < 4.78 is 0. The van der Waals surface area contributed by atoms with E-state index in [9.17, 15) is 4.79 Å². The summed E-state index contributed by atoms with van der Waals surface area (Å²) in [6, 6.07) is 9.17. The molecule has 0 bridgehead atoms. The first kappa shape index (κ1) is 16.7. The van der Waals surface area contributed by atoms with Gasteiger partial charge >= 0.3 is 5.97 Å². The lowest BCUT2D eigenvalue weighted by Crippen LogP contribution is -2.51. The number of hydrogen-bond donors (Lipinski definition) is 2. The molecule has 1 saturated carbocycles. The standard InChI is InChI=1S/C19H25N3O2/c1-4-22(11-19(23)24)15-9-14(10-15)20-18-8-13(3)16-6-5-12(2)7-17(16)21-18/h5-8,14-15H,4,9-11H2,1-3H3,(H,20,21)(H,23,24). The van der Waals surface area contributed by atoms with Gasteiger partial charge in [-0.15, -0.1) is 0 Å². The molecule has 2 aromatic rings. The fourth-order valence-electron chi connectivity index (χ4n) is 3.47. The van der Waals surface area contributed by atoms with Gasteiger partial charge in [-0.2, -0.15) is 0 Å². The Morgan fingerprint density at radius 2 is 2.08 bits per heavy atom. The third-order valence-corrected chi connectivity index (χ3v) is 4.90. The first-order chi connectivity index (χ1) is 11.5. The molecule has 0 atom stereocenters. The molecule has 1 fully saturated rings. The van der Waals surface area contributed by atoms with Crippen LogP contribution in [0.4, 0.5) is 5.82 Å². The minimum absolute atomic E-state index is 0.125. The zero-order valence-corrected chi connectivity index (χ0v) is 14.5. The molecule has 3 rings (SSSR count). The molecule has 0 radical (unpaired) electrons. The van der Waals surface area contributed by atoms with Gasteiger partial charge in [-0.25, -0.2) is 4.98 Å². The Labute approximate surface area is 142 Å². The van der Waals surface area contributed by atoms with Gasteiger partial charge in [-0.05, 0) is 56.5 Å². The van der Waals surface area contributed by atoms with Crippen LogP contribution in [0.2, 0.25) is 0 Å². The van der Waals surface area contributed by atoms with E-state index in [1.54, 1.807) is 0 Å². The fourth-order valence-corrected chi connectivity index (χ4v) is 3.47. The van der Waals surface area contributed by atoms with Gasteiger partial charge in [-0.1, -0.05) is 19.1 Å². The van der Waals surface area contributed by atoms with Crippen LogP contribution in [0.25, 0.3) is 10.9 Å². The molecule has 0 unspecified atom stereocenters. The molecular formula is C19H25N3O2. The summed E-state index contributed by atoms with van der Waals surface area (Å²) in [4.78, 5) is 17.7. The lowest BCUT2D eigenvalue weighted by molar-refractivity contribution is -0.139. The van der Waals surface area contributed by atoms with E-state index in [0.29, 0.717) is 12.1 Å². The molecule has 0 spiro atoms. The molecule has 1 aliphatic carbocycles. The highest BCUT2D eigenvalue weighted by Gasteiger charge is 2.33. The minimum atomic E-state index is -0.754. The van der Waals surface area contributed by atoms with E-state index >= 15 is 0 Å². The van der Waals surface area contributed by atoms with Crippen molar-refractivity contribution in [3.8, 4) is 0 Å². The molecule has 128 valence electrons. The van der Waals surface area contributed by atoms with Crippen molar-refractivity contribution in [1.82, 2.24) is 9.88 Å². The van der Waals surface area contributed by atoms with E-state index in [1.165, 1.54) is 16.5 Å². The molecule has 24 heavy (non-hydrogen) atoms. The number of rotatable bonds is 6. The summed E-state index contributed by atoms with van der Waals surface area (Å²) in [6.07, 6.45) is 1.93. The Hall–Kier alpha value is -2.14. The monoisotopic (exact) mass is 327 g/mol. The Morgan fingerprint density at radius 3 is 2.75 bits per heavy atom. The van der Waals surface area contributed by atoms with Crippen LogP contribution in [-0.2, 0) is 4.79 Å². The van der Waals surface area contributed by atoms with Gasteiger partial charge in [0, 0.05) is 17.5 Å². The second-order valence-corrected chi connectivity index (χ2v) is 6.77. The number of aromatic nitrogens is 1. The molecule has 0 saturated heterocycles. The van der Waals surface area contributed by atoms with Gasteiger partial charge < -0.3 is 10.4 Å². The number of hydrogen-bond acceptors (Lipinski definition) is 4. The average molecular weight is 327 g/mol. The van der Waals surface area contributed by atoms with Crippen molar-refractivity contribution < 1.29 is 9.90 Å². The van der Waals surface area contributed by atoms with Crippen LogP contribution in [0.3, 0.4) is 0 Å². The van der Waals surface area contributed by atoms with Crippen LogP contribution < -0.4 is 5.32 Å². The normalized spacial score (nSPS) is 20.2. The molecule has 5 heteroatoms. The van der Waals surface area contributed by atoms with Crippen LogP contribution in [0.15, 0.2) is 24.3 Å². The summed E-state index contributed by atoms with van der Waals surface area (Å²) in [5.41, 5.74) is 3.45. The van der Waals surface area contributed by atoms with Gasteiger partial charge in [0.05, 0.1) is 12.1 Å². The van der Waals surface area contributed by atoms with Crippen LogP contribution >= 0.6 is 0 Å². The number of aliphatic carboxylic acids is 1. The van der Waals surface area contributed by atoms with E-state index < -0.39 is 5.97 Å². The van der Waals surface area contributed by atoms with Crippen LogP contribution in [-0.4, -0.2) is 46.1 Å². The predicted molar refractivity (Wildman–Crippen MR) is 96.5 cm³/mol. The molecule has 0 aliphatic heterocycles. The number of carboxylic acid groups (broad SMARTS) is 1. The highest BCUT2D eigenvalue weighted by molar-refractivity contribution is 5.84. The summed E-state index contributed by atoms with van der Waals surface area (Å²) >= 11 is 0. The molecule has 0 amide bonds. The number of anilines is 1. The molecule has 1 aliphatic rings. The molecular weight excluding hydrogens is 302 g/mol. The number of benzene rings is 1. The molecule has 1 heterocycles. The number of fused-ring (bicyclic) bond motifs is 1. The van der Waals surface area contributed by atoms with Gasteiger partial charge in [-0.3, -0.25) is 9.69 Å². The number of pyridine rings is 1. The smallest absolute Gasteiger partial charge is 0.317 e. The van der Waals surface area contributed by atoms with Crippen molar-refractivity contribution in [2.45, 2.75) is 45.7 Å². The van der Waals surface area contributed by atoms with E-state index in [4.69, 9.17) is 10.1 Å². The minimum Gasteiger partial charge on any atom is -0.480 e. The second kappa shape index (κ2) is 6.77. The Balaban J connectivity index is 1.66. The van der Waals surface area contributed by atoms with E-state index in [1.807, 2.05) is 11.8 Å². The Bertz CT molecular complexity index is 754. The summed E-state index contributed by atoms with van der Waals surface area (Å²) in [5, 5.41) is 13.7. The maximum atomic E-state index is 10.9. The van der Waals surface area contributed by atoms with Crippen LogP contribution in [0, 0.1) is 13.8 Å². The van der Waals surface area contributed by atoms with Gasteiger partial charge in [0.25, 0.3) is 0 Å². The van der Waals surface area contributed by atoms with E-state index in [-0.39, 0.29) is 6.54 Å². The SMILES string of the molecule is CCN(CC(=O)O)C1CC(Nc2cc(C)c3ccc(C)cc3n2)C1. The van der Waals surface area contributed by atoms with Gasteiger partial charge in [0.15, 0.2) is 0 Å². The largest absolute Gasteiger partial charge is 0.480 e. The zero-order chi connectivity index (χ0) is 17.3. The lowest BCUT2D eigenvalue weighted by atomic mass is 9.85. The van der Waals surface area contributed by atoms with Crippen molar-refractivity contribution >= 4 is 22.7 Å². The summed E-state index contributed by atoms with van der Waals surface area (Å²) in [6.45, 7) is 7.10. The molecule has 5 nitrogen and oxygen atoms in total. The zero-order valence-electron chi connectivity index (χ0n) is 14.5. The number of aryl methyl sites for hydroxylation is 2. The van der Waals surface area contributed by atoms with Gasteiger partial charge in [0.2, 0.25) is 0 Å². The Kier molecular flexibility index (Phi) is 4.71.